The van der Waals surface area contributed by atoms with Crippen LogP contribution in [0.2, 0.25) is 0 Å². The highest BCUT2D eigenvalue weighted by molar-refractivity contribution is 5.80. The fourth-order valence-corrected chi connectivity index (χ4v) is 2.10. The number of amides is 1. The summed E-state index contributed by atoms with van der Waals surface area (Å²) in [5, 5.41) is 3.02. The molecule has 2 unspecified atom stereocenters. The van der Waals surface area contributed by atoms with Crippen LogP contribution in [0.25, 0.3) is 0 Å². The van der Waals surface area contributed by atoms with Gasteiger partial charge in [-0.2, -0.15) is 0 Å². The van der Waals surface area contributed by atoms with E-state index >= 15 is 0 Å². The number of rotatable bonds is 3. The average molecular weight is 219 g/mol. The van der Waals surface area contributed by atoms with Crippen LogP contribution >= 0.6 is 0 Å². The summed E-state index contributed by atoms with van der Waals surface area (Å²) >= 11 is 0. The van der Waals surface area contributed by atoms with Gasteiger partial charge in [0.05, 0.1) is 6.04 Å². The topological polar surface area (TPSA) is 38.3 Å². The molecule has 0 spiro atoms. The molecule has 1 aliphatic carbocycles. The second kappa shape index (κ2) is 4.66. The molecule has 2 rings (SSSR count). The van der Waals surface area contributed by atoms with E-state index in [9.17, 15) is 4.79 Å². The van der Waals surface area contributed by atoms with Gasteiger partial charge in [0.2, 0.25) is 5.91 Å². The Morgan fingerprint density at radius 3 is 3.00 bits per heavy atom. The van der Waals surface area contributed by atoms with Gasteiger partial charge in [0.25, 0.3) is 0 Å². The Bertz CT molecular complexity index is 389. The van der Waals surface area contributed by atoms with Crippen molar-refractivity contribution in [1.82, 2.24) is 5.32 Å². The molecule has 0 heterocycles. The smallest absolute Gasteiger partial charge is 0.249 e. The summed E-state index contributed by atoms with van der Waals surface area (Å²) in [5.74, 6) is -0.0378. The van der Waals surface area contributed by atoms with Crippen LogP contribution < -0.4 is 5.32 Å². The molecule has 0 fully saturated rings. The first-order valence-corrected chi connectivity index (χ1v) is 5.63. The van der Waals surface area contributed by atoms with Crippen molar-refractivity contribution < 1.29 is 9.53 Å². The summed E-state index contributed by atoms with van der Waals surface area (Å²) in [6, 6.07) is 8.43. The van der Waals surface area contributed by atoms with Crippen molar-refractivity contribution in [1.29, 1.82) is 0 Å². The molecular formula is C13H17NO2. The summed E-state index contributed by atoms with van der Waals surface area (Å²) in [6.07, 6.45) is 1.65. The van der Waals surface area contributed by atoms with E-state index in [1.165, 1.54) is 11.1 Å². The minimum Gasteiger partial charge on any atom is -0.372 e. The predicted molar refractivity (Wildman–Crippen MR) is 62.1 cm³/mol. The summed E-state index contributed by atoms with van der Waals surface area (Å²) in [7, 11) is 1.55. The van der Waals surface area contributed by atoms with Gasteiger partial charge >= 0.3 is 0 Å². The van der Waals surface area contributed by atoms with Crippen molar-refractivity contribution in [3.8, 4) is 0 Å². The number of hydrogen-bond donors (Lipinski definition) is 1. The van der Waals surface area contributed by atoms with Crippen LogP contribution in [0.4, 0.5) is 0 Å². The lowest BCUT2D eigenvalue weighted by Crippen LogP contribution is -2.35. The lowest BCUT2D eigenvalue weighted by molar-refractivity contribution is -0.130. The van der Waals surface area contributed by atoms with Gasteiger partial charge in [0, 0.05) is 7.11 Å². The second-order valence-corrected chi connectivity index (χ2v) is 4.18. The van der Waals surface area contributed by atoms with Crippen molar-refractivity contribution in [2.24, 2.45) is 0 Å². The van der Waals surface area contributed by atoms with Crippen molar-refractivity contribution in [2.45, 2.75) is 31.9 Å². The Labute approximate surface area is 95.8 Å². The minimum atomic E-state index is -0.382. The first-order valence-electron chi connectivity index (χ1n) is 5.63. The van der Waals surface area contributed by atoms with Gasteiger partial charge in [0.15, 0.2) is 0 Å². The van der Waals surface area contributed by atoms with Crippen molar-refractivity contribution in [3.05, 3.63) is 35.4 Å². The molecule has 0 aromatic heterocycles. The molecule has 2 atom stereocenters. The number of nitrogens with one attached hydrogen (secondary N) is 1. The van der Waals surface area contributed by atoms with Gasteiger partial charge in [-0.3, -0.25) is 4.79 Å². The zero-order chi connectivity index (χ0) is 11.5. The lowest BCUT2D eigenvalue weighted by atomic mass is 10.1. The lowest BCUT2D eigenvalue weighted by Gasteiger charge is -2.16. The van der Waals surface area contributed by atoms with Crippen LogP contribution in [-0.2, 0) is 16.0 Å². The quantitative estimate of drug-likeness (QED) is 0.842. The third-order valence-corrected chi connectivity index (χ3v) is 3.17. The van der Waals surface area contributed by atoms with Gasteiger partial charge in [0.1, 0.15) is 6.10 Å². The first kappa shape index (κ1) is 11.1. The Morgan fingerprint density at radius 1 is 1.50 bits per heavy atom. The van der Waals surface area contributed by atoms with E-state index in [2.05, 4.69) is 17.4 Å². The number of carbonyl (C=O) groups excluding carboxylic acids is 1. The number of methoxy groups -OCH3 is 1. The molecule has 1 amide bonds. The second-order valence-electron chi connectivity index (χ2n) is 4.18. The van der Waals surface area contributed by atoms with E-state index in [0.717, 1.165) is 12.8 Å². The van der Waals surface area contributed by atoms with E-state index in [1.807, 2.05) is 12.1 Å². The maximum absolute atomic E-state index is 11.7. The Morgan fingerprint density at radius 2 is 2.25 bits per heavy atom. The molecular weight excluding hydrogens is 202 g/mol. The van der Waals surface area contributed by atoms with E-state index in [-0.39, 0.29) is 18.1 Å². The monoisotopic (exact) mass is 219 g/mol. The summed E-state index contributed by atoms with van der Waals surface area (Å²) < 4.78 is 5.00. The van der Waals surface area contributed by atoms with E-state index in [0.29, 0.717) is 0 Å². The highest BCUT2D eigenvalue weighted by Gasteiger charge is 2.24. The Hall–Kier alpha value is -1.35. The number of carbonyl (C=O) groups is 1. The first-order chi connectivity index (χ1) is 7.72. The number of aryl methyl sites for hydroxylation is 1. The van der Waals surface area contributed by atoms with Crippen molar-refractivity contribution >= 4 is 5.91 Å². The number of ether oxygens (including phenoxy) is 1. The molecule has 3 nitrogen and oxygen atoms in total. The van der Waals surface area contributed by atoms with Gasteiger partial charge < -0.3 is 10.1 Å². The molecule has 86 valence electrons. The van der Waals surface area contributed by atoms with E-state index in [4.69, 9.17) is 4.74 Å². The van der Waals surface area contributed by atoms with Crippen LogP contribution in [0.3, 0.4) is 0 Å². The fourth-order valence-electron chi connectivity index (χ4n) is 2.10. The SMILES string of the molecule is COC(C)C(=O)NC1CCc2ccccc21. The predicted octanol–water partition coefficient (Wildman–Crippen LogP) is 1.83. The van der Waals surface area contributed by atoms with Gasteiger partial charge in [-0.25, -0.2) is 0 Å². The third kappa shape index (κ3) is 2.09. The maximum atomic E-state index is 11.7. The summed E-state index contributed by atoms with van der Waals surface area (Å²) in [5.41, 5.74) is 2.59. The molecule has 1 N–H and O–H groups in total. The number of benzene rings is 1. The van der Waals surface area contributed by atoms with Crippen LogP contribution in [0, 0.1) is 0 Å². The standard InChI is InChI=1S/C13H17NO2/c1-9(16-2)13(15)14-12-8-7-10-5-3-4-6-11(10)12/h3-6,9,12H,7-8H2,1-2H3,(H,14,15). The maximum Gasteiger partial charge on any atom is 0.249 e. The summed E-state index contributed by atoms with van der Waals surface area (Å²) in [6.45, 7) is 1.76. The Balaban J connectivity index is 2.06. The van der Waals surface area contributed by atoms with Crippen LogP contribution in [0.15, 0.2) is 24.3 Å². The molecule has 0 saturated heterocycles. The zero-order valence-electron chi connectivity index (χ0n) is 9.69. The molecule has 0 saturated carbocycles. The molecule has 0 aliphatic heterocycles. The van der Waals surface area contributed by atoms with Gasteiger partial charge in [-0.05, 0) is 30.9 Å². The molecule has 3 heteroatoms. The van der Waals surface area contributed by atoms with E-state index in [1.54, 1.807) is 14.0 Å². The Kier molecular flexibility index (Phi) is 3.25. The molecule has 0 radical (unpaired) electrons. The minimum absolute atomic E-state index is 0.0378. The molecule has 0 bridgehead atoms. The number of hydrogen-bond acceptors (Lipinski definition) is 2. The fraction of sp³-hybridized carbons (Fsp3) is 0.462. The van der Waals surface area contributed by atoms with E-state index < -0.39 is 0 Å². The average Bonchev–Trinajstić information content (AvgIpc) is 2.72. The largest absolute Gasteiger partial charge is 0.372 e. The van der Waals surface area contributed by atoms with Crippen molar-refractivity contribution in [3.63, 3.8) is 0 Å². The third-order valence-electron chi connectivity index (χ3n) is 3.17. The summed E-state index contributed by atoms with van der Waals surface area (Å²) in [4.78, 5) is 11.7. The molecule has 1 aliphatic rings. The van der Waals surface area contributed by atoms with Crippen LogP contribution in [0.5, 0.6) is 0 Å². The number of fused-ring (bicyclic) bond motifs is 1. The normalized spacial score (nSPS) is 20.2. The molecule has 16 heavy (non-hydrogen) atoms. The molecule has 1 aromatic rings. The van der Waals surface area contributed by atoms with Gasteiger partial charge in [-0.1, -0.05) is 24.3 Å². The van der Waals surface area contributed by atoms with Crippen LogP contribution in [0.1, 0.15) is 30.5 Å². The zero-order valence-corrected chi connectivity index (χ0v) is 9.69. The van der Waals surface area contributed by atoms with Crippen LogP contribution in [-0.4, -0.2) is 19.1 Å². The van der Waals surface area contributed by atoms with Gasteiger partial charge in [-0.15, -0.1) is 0 Å². The van der Waals surface area contributed by atoms with Crippen molar-refractivity contribution in [2.75, 3.05) is 7.11 Å². The highest BCUT2D eigenvalue weighted by Crippen LogP contribution is 2.30. The highest BCUT2D eigenvalue weighted by atomic mass is 16.5. The molecule has 1 aromatic carbocycles.